The molecule has 1 amide bonds. The van der Waals surface area contributed by atoms with E-state index < -0.39 is 0 Å². The maximum atomic E-state index is 12.4. The van der Waals surface area contributed by atoms with Gasteiger partial charge in [0.15, 0.2) is 11.5 Å². The summed E-state index contributed by atoms with van der Waals surface area (Å²) >= 11 is 6.59. The lowest BCUT2D eigenvalue weighted by Crippen LogP contribution is -2.27. The zero-order valence-corrected chi connectivity index (χ0v) is 20.6. The van der Waals surface area contributed by atoms with Crippen molar-refractivity contribution in [2.24, 2.45) is 0 Å². The van der Waals surface area contributed by atoms with Crippen molar-refractivity contribution in [2.45, 2.75) is 33.1 Å². The van der Waals surface area contributed by atoms with E-state index in [1.54, 1.807) is 12.0 Å². The summed E-state index contributed by atoms with van der Waals surface area (Å²) in [5.41, 5.74) is 2.17. The summed E-state index contributed by atoms with van der Waals surface area (Å²) < 4.78 is 17.7. The second kappa shape index (κ2) is 11.4. The highest BCUT2D eigenvalue weighted by Gasteiger charge is 2.30. The molecular formula is C25H29NO4S2. The Morgan fingerprint density at radius 1 is 1.06 bits per heavy atom. The number of hydrogen-bond acceptors (Lipinski definition) is 6. The fourth-order valence-corrected chi connectivity index (χ4v) is 4.64. The molecule has 0 aliphatic carbocycles. The minimum absolute atomic E-state index is 0.0591. The van der Waals surface area contributed by atoms with E-state index >= 15 is 0 Å². The molecule has 7 heteroatoms. The number of ether oxygens (including phenoxy) is 3. The van der Waals surface area contributed by atoms with Gasteiger partial charge in [-0.05, 0) is 60.7 Å². The number of amides is 1. The number of likely N-dealkylation sites (N-methyl/N-ethyl adjacent to an activating group) is 1. The molecule has 1 aliphatic rings. The fourth-order valence-electron chi connectivity index (χ4n) is 3.26. The van der Waals surface area contributed by atoms with Gasteiger partial charge in [0.25, 0.3) is 5.91 Å². The van der Waals surface area contributed by atoms with Crippen LogP contribution in [0.2, 0.25) is 0 Å². The third-order valence-corrected chi connectivity index (χ3v) is 6.72. The molecule has 170 valence electrons. The van der Waals surface area contributed by atoms with Crippen molar-refractivity contribution < 1.29 is 19.0 Å². The van der Waals surface area contributed by atoms with E-state index in [1.807, 2.05) is 43.3 Å². The van der Waals surface area contributed by atoms with Gasteiger partial charge in [0.2, 0.25) is 0 Å². The number of hydrogen-bond donors (Lipinski definition) is 0. The topological polar surface area (TPSA) is 48.0 Å². The van der Waals surface area contributed by atoms with Crippen molar-refractivity contribution in [3.8, 4) is 17.2 Å². The van der Waals surface area contributed by atoms with Crippen molar-refractivity contribution in [3.05, 3.63) is 58.5 Å². The van der Waals surface area contributed by atoms with Gasteiger partial charge < -0.3 is 14.2 Å². The molecule has 0 aromatic heterocycles. The van der Waals surface area contributed by atoms with Gasteiger partial charge in [-0.15, -0.1) is 0 Å². The molecule has 1 unspecified atom stereocenters. The summed E-state index contributed by atoms with van der Waals surface area (Å²) in [5.74, 6) is 2.54. The van der Waals surface area contributed by atoms with Gasteiger partial charge in [-0.1, -0.05) is 56.0 Å². The molecule has 3 rings (SSSR count). The first kappa shape index (κ1) is 24.1. The first-order valence-corrected chi connectivity index (χ1v) is 12.0. The highest BCUT2D eigenvalue weighted by Crippen LogP contribution is 2.34. The third-order valence-electron chi connectivity index (χ3n) is 5.35. The van der Waals surface area contributed by atoms with Crippen LogP contribution in [0.4, 0.5) is 0 Å². The van der Waals surface area contributed by atoms with Crippen molar-refractivity contribution in [1.29, 1.82) is 0 Å². The van der Waals surface area contributed by atoms with E-state index in [9.17, 15) is 4.79 Å². The van der Waals surface area contributed by atoms with Gasteiger partial charge in [0, 0.05) is 6.54 Å². The molecule has 1 atom stereocenters. The Labute approximate surface area is 199 Å². The van der Waals surface area contributed by atoms with E-state index in [-0.39, 0.29) is 5.91 Å². The summed E-state index contributed by atoms with van der Waals surface area (Å²) in [6.45, 7) is 7.70. The first-order chi connectivity index (χ1) is 15.5. The summed E-state index contributed by atoms with van der Waals surface area (Å²) in [6, 6.07) is 13.8. The monoisotopic (exact) mass is 471 g/mol. The molecule has 1 fully saturated rings. The van der Waals surface area contributed by atoms with Gasteiger partial charge in [-0.2, -0.15) is 0 Å². The molecule has 2 aromatic carbocycles. The molecule has 0 radical (unpaired) electrons. The van der Waals surface area contributed by atoms with Crippen molar-refractivity contribution in [1.82, 2.24) is 4.90 Å². The molecule has 2 aromatic rings. The maximum Gasteiger partial charge on any atom is 0.266 e. The van der Waals surface area contributed by atoms with Crippen molar-refractivity contribution >= 4 is 40.3 Å². The molecule has 32 heavy (non-hydrogen) atoms. The van der Waals surface area contributed by atoms with Gasteiger partial charge >= 0.3 is 0 Å². The van der Waals surface area contributed by atoms with E-state index in [0.29, 0.717) is 46.4 Å². The van der Waals surface area contributed by atoms with Crippen LogP contribution in [0.25, 0.3) is 6.08 Å². The van der Waals surface area contributed by atoms with Crippen LogP contribution in [0.3, 0.4) is 0 Å². The number of carbonyl (C=O) groups is 1. The minimum Gasteiger partial charge on any atom is -0.493 e. The first-order valence-electron chi connectivity index (χ1n) is 10.8. The maximum absolute atomic E-state index is 12.4. The lowest BCUT2D eigenvalue weighted by Gasteiger charge is -2.13. The van der Waals surface area contributed by atoms with Crippen molar-refractivity contribution in [2.75, 3.05) is 26.9 Å². The number of thiocarbonyl (C=S) groups is 1. The lowest BCUT2D eigenvalue weighted by molar-refractivity contribution is -0.121. The Morgan fingerprint density at radius 2 is 1.78 bits per heavy atom. The van der Waals surface area contributed by atoms with Gasteiger partial charge in [-0.25, -0.2) is 0 Å². The van der Waals surface area contributed by atoms with Crippen LogP contribution in [-0.2, 0) is 4.79 Å². The molecule has 0 spiro atoms. The molecule has 1 saturated heterocycles. The van der Waals surface area contributed by atoms with E-state index in [0.717, 1.165) is 17.7 Å². The Bertz CT molecular complexity index is 988. The average Bonchev–Trinajstić information content (AvgIpc) is 3.08. The molecule has 1 heterocycles. The molecule has 0 N–H and O–H groups in total. The van der Waals surface area contributed by atoms with Gasteiger partial charge in [0.05, 0.1) is 12.0 Å². The van der Waals surface area contributed by atoms with E-state index in [4.69, 9.17) is 26.4 Å². The van der Waals surface area contributed by atoms with Crippen LogP contribution in [-0.4, -0.2) is 42.0 Å². The second-order valence-electron chi connectivity index (χ2n) is 7.41. The summed E-state index contributed by atoms with van der Waals surface area (Å²) in [7, 11) is 1.60. The predicted octanol–water partition coefficient (Wildman–Crippen LogP) is 5.89. The Morgan fingerprint density at radius 3 is 2.41 bits per heavy atom. The third kappa shape index (κ3) is 5.84. The highest BCUT2D eigenvalue weighted by atomic mass is 32.2. The Hall–Kier alpha value is -2.51. The largest absolute Gasteiger partial charge is 0.493 e. The quantitative estimate of drug-likeness (QED) is 0.245. The summed E-state index contributed by atoms with van der Waals surface area (Å²) in [5, 5.41) is 0. The highest BCUT2D eigenvalue weighted by molar-refractivity contribution is 8.26. The van der Waals surface area contributed by atoms with Crippen LogP contribution < -0.4 is 14.2 Å². The van der Waals surface area contributed by atoms with Crippen LogP contribution in [0.5, 0.6) is 17.2 Å². The van der Waals surface area contributed by atoms with Gasteiger partial charge in [0.1, 0.15) is 23.3 Å². The number of benzene rings is 2. The SMILES string of the molecule is CCC(C)c1ccc(OCCOc2ccc(C=C3SC(=S)N(CC)C3=O)cc2OC)cc1. The average molecular weight is 472 g/mol. The van der Waals surface area contributed by atoms with Crippen LogP contribution in [0.1, 0.15) is 44.2 Å². The standard InChI is InChI=1S/C25H29NO4S2/c1-5-17(3)19-8-10-20(11-9-19)29-13-14-30-21-12-7-18(15-22(21)28-4)16-23-24(27)26(6-2)25(31)32-23/h7-12,15-17H,5-6,13-14H2,1-4H3. The Balaban J connectivity index is 1.57. The van der Waals surface area contributed by atoms with E-state index in [2.05, 4.69) is 26.0 Å². The molecular weight excluding hydrogens is 442 g/mol. The van der Waals surface area contributed by atoms with Crippen LogP contribution >= 0.6 is 24.0 Å². The molecule has 0 saturated carbocycles. The van der Waals surface area contributed by atoms with Crippen LogP contribution in [0, 0.1) is 0 Å². The minimum atomic E-state index is -0.0591. The number of nitrogens with zero attached hydrogens (tertiary/aromatic N) is 1. The van der Waals surface area contributed by atoms with Crippen molar-refractivity contribution in [3.63, 3.8) is 0 Å². The predicted molar refractivity (Wildman–Crippen MR) is 135 cm³/mol. The fraction of sp³-hybridized carbons (Fsp3) is 0.360. The second-order valence-corrected chi connectivity index (χ2v) is 9.09. The zero-order chi connectivity index (χ0) is 23.1. The van der Waals surface area contributed by atoms with Crippen LogP contribution in [0.15, 0.2) is 47.4 Å². The Kier molecular flexibility index (Phi) is 8.59. The summed E-state index contributed by atoms with van der Waals surface area (Å²) in [6.07, 6.45) is 2.94. The molecule has 1 aliphatic heterocycles. The molecule has 0 bridgehead atoms. The molecule has 5 nitrogen and oxygen atoms in total. The number of carbonyl (C=O) groups excluding carboxylic acids is 1. The normalized spacial score (nSPS) is 15.9. The van der Waals surface area contributed by atoms with E-state index in [1.165, 1.54) is 17.3 Å². The summed E-state index contributed by atoms with van der Waals surface area (Å²) in [4.78, 5) is 14.6. The number of methoxy groups -OCH3 is 1. The smallest absolute Gasteiger partial charge is 0.266 e. The number of thioether (sulfide) groups is 1. The van der Waals surface area contributed by atoms with Gasteiger partial charge in [-0.3, -0.25) is 9.69 Å². The zero-order valence-electron chi connectivity index (χ0n) is 18.9. The lowest BCUT2D eigenvalue weighted by atomic mass is 9.99. The number of rotatable bonds is 10.